The van der Waals surface area contributed by atoms with Crippen molar-refractivity contribution in [1.29, 1.82) is 0 Å². The zero-order valence-corrected chi connectivity index (χ0v) is 21.4. The summed E-state index contributed by atoms with van der Waals surface area (Å²) in [5.41, 5.74) is 5.31. The minimum absolute atomic E-state index is 0.0938. The van der Waals surface area contributed by atoms with Gasteiger partial charge in [-0.1, -0.05) is 48.5 Å². The predicted molar refractivity (Wildman–Crippen MR) is 149 cm³/mol. The first-order chi connectivity index (χ1) is 17.9. The monoisotopic (exact) mass is 494 g/mol. The Labute approximate surface area is 217 Å². The van der Waals surface area contributed by atoms with Gasteiger partial charge in [-0.2, -0.15) is 0 Å². The summed E-state index contributed by atoms with van der Waals surface area (Å²) in [7, 11) is 3.12. The zero-order chi connectivity index (χ0) is 26.4. The van der Waals surface area contributed by atoms with E-state index in [1.807, 2.05) is 86.7 Å². The Morgan fingerprint density at radius 1 is 0.595 bits per heavy atom. The van der Waals surface area contributed by atoms with Gasteiger partial charge in [0, 0.05) is 23.3 Å². The molecule has 4 aromatic rings. The number of phenolic OH excluding ortho intramolecular Hbond substituents is 2. The van der Waals surface area contributed by atoms with Crippen molar-refractivity contribution in [2.24, 2.45) is 0 Å². The number of hydrogen-bond donors (Lipinski definition) is 2. The van der Waals surface area contributed by atoms with Crippen molar-refractivity contribution in [2.75, 3.05) is 14.2 Å². The van der Waals surface area contributed by atoms with Crippen LogP contribution in [0.15, 0.2) is 84.9 Å². The molecule has 0 amide bonds. The van der Waals surface area contributed by atoms with Crippen molar-refractivity contribution in [3.05, 3.63) is 118 Å². The number of ether oxygens (including phenoxy) is 3. The topological polar surface area (TPSA) is 68.2 Å². The highest BCUT2D eigenvalue weighted by Gasteiger charge is 2.15. The molecule has 0 radical (unpaired) electrons. The average Bonchev–Trinajstić information content (AvgIpc) is 2.87. The van der Waals surface area contributed by atoms with E-state index in [4.69, 9.17) is 14.2 Å². The molecule has 0 bridgehead atoms. The van der Waals surface area contributed by atoms with Crippen molar-refractivity contribution in [3.8, 4) is 23.0 Å². The van der Waals surface area contributed by atoms with Gasteiger partial charge < -0.3 is 24.4 Å². The van der Waals surface area contributed by atoms with Gasteiger partial charge in [-0.25, -0.2) is 0 Å². The van der Waals surface area contributed by atoms with Crippen LogP contribution in [0.3, 0.4) is 0 Å². The van der Waals surface area contributed by atoms with Gasteiger partial charge in [0.1, 0.15) is 34.5 Å². The quantitative estimate of drug-likeness (QED) is 0.197. The minimum Gasteiger partial charge on any atom is -0.508 e. The number of rotatable bonds is 8. The lowest BCUT2D eigenvalue weighted by Crippen LogP contribution is -1.98. The van der Waals surface area contributed by atoms with E-state index >= 15 is 0 Å². The Kier molecular flexibility index (Phi) is 7.84. The molecule has 0 atom stereocenters. The molecule has 4 rings (SSSR count). The summed E-state index contributed by atoms with van der Waals surface area (Å²) in [5, 5.41) is 20.5. The molecule has 0 unspecified atom stereocenters. The van der Waals surface area contributed by atoms with Crippen LogP contribution in [0.2, 0.25) is 0 Å². The molecule has 5 nitrogen and oxygen atoms in total. The Morgan fingerprint density at radius 2 is 1.00 bits per heavy atom. The number of aryl methyl sites for hydroxylation is 2. The molecule has 0 aliphatic carbocycles. The molecule has 0 fully saturated rings. The van der Waals surface area contributed by atoms with Crippen LogP contribution in [-0.2, 0) is 4.74 Å². The van der Waals surface area contributed by atoms with Crippen LogP contribution in [0.5, 0.6) is 23.0 Å². The standard InChI is InChI=1S/C32H30O5/c1-21-9-5-7-11-29(21)31(17-23-13-25(33)19-27(15-23)35-3)37-32(30-12-8-6-10-22(30)2)18-24-14-26(34)20-28(16-24)36-4/h5-20,33-34H,1-4H3. The van der Waals surface area contributed by atoms with Crippen LogP contribution in [0.25, 0.3) is 23.7 Å². The molecule has 0 aliphatic rings. The fourth-order valence-electron chi connectivity index (χ4n) is 4.06. The molecular formula is C32H30O5. The maximum absolute atomic E-state index is 10.2. The molecule has 0 saturated carbocycles. The molecule has 0 aliphatic heterocycles. The van der Waals surface area contributed by atoms with Crippen molar-refractivity contribution in [3.63, 3.8) is 0 Å². The van der Waals surface area contributed by atoms with Crippen molar-refractivity contribution < 1.29 is 24.4 Å². The largest absolute Gasteiger partial charge is 0.508 e. The number of aromatic hydroxyl groups is 2. The lowest BCUT2D eigenvalue weighted by molar-refractivity contribution is 0.407. The lowest BCUT2D eigenvalue weighted by atomic mass is 10.0. The van der Waals surface area contributed by atoms with Gasteiger partial charge in [-0.15, -0.1) is 0 Å². The van der Waals surface area contributed by atoms with Crippen molar-refractivity contribution in [1.82, 2.24) is 0 Å². The Morgan fingerprint density at radius 3 is 1.38 bits per heavy atom. The average molecular weight is 495 g/mol. The summed E-state index contributed by atoms with van der Waals surface area (Å²) in [5.74, 6) is 2.45. The second-order valence-electron chi connectivity index (χ2n) is 8.68. The fraction of sp³-hybridized carbons (Fsp3) is 0.125. The molecule has 37 heavy (non-hydrogen) atoms. The molecule has 188 valence electrons. The molecule has 0 heterocycles. The molecule has 2 N–H and O–H groups in total. The first kappa shape index (κ1) is 25.5. The third kappa shape index (κ3) is 6.33. The highest BCUT2D eigenvalue weighted by molar-refractivity contribution is 5.87. The molecule has 5 heteroatoms. The van der Waals surface area contributed by atoms with Gasteiger partial charge in [-0.05, 0) is 72.5 Å². The maximum Gasteiger partial charge on any atom is 0.135 e. The summed E-state index contributed by atoms with van der Waals surface area (Å²) in [6.45, 7) is 4.04. The Balaban J connectivity index is 1.91. The second kappa shape index (κ2) is 11.4. The number of benzene rings is 4. The lowest BCUT2D eigenvalue weighted by Gasteiger charge is -2.18. The van der Waals surface area contributed by atoms with Crippen LogP contribution in [0, 0.1) is 13.8 Å². The zero-order valence-electron chi connectivity index (χ0n) is 21.4. The van der Waals surface area contributed by atoms with Gasteiger partial charge in [0.05, 0.1) is 14.2 Å². The van der Waals surface area contributed by atoms with Crippen LogP contribution >= 0.6 is 0 Å². The van der Waals surface area contributed by atoms with Crippen molar-refractivity contribution in [2.45, 2.75) is 13.8 Å². The number of hydrogen-bond acceptors (Lipinski definition) is 5. The molecular weight excluding hydrogens is 464 g/mol. The van der Waals surface area contributed by atoms with Crippen LogP contribution < -0.4 is 9.47 Å². The van der Waals surface area contributed by atoms with Crippen molar-refractivity contribution >= 4 is 23.7 Å². The van der Waals surface area contributed by atoms with Gasteiger partial charge in [-0.3, -0.25) is 0 Å². The molecule has 0 spiro atoms. The van der Waals surface area contributed by atoms with E-state index in [0.717, 1.165) is 33.4 Å². The van der Waals surface area contributed by atoms with Crippen LogP contribution in [0.1, 0.15) is 33.4 Å². The highest BCUT2D eigenvalue weighted by Crippen LogP contribution is 2.34. The van der Waals surface area contributed by atoms with Crippen LogP contribution in [-0.4, -0.2) is 24.4 Å². The first-order valence-electron chi connectivity index (χ1n) is 11.9. The summed E-state index contributed by atoms with van der Waals surface area (Å²) in [6.07, 6.45) is 3.75. The summed E-state index contributed by atoms with van der Waals surface area (Å²) in [6, 6.07) is 26.0. The smallest absolute Gasteiger partial charge is 0.135 e. The fourth-order valence-corrected chi connectivity index (χ4v) is 4.06. The molecule has 4 aromatic carbocycles. The van der Waals surface area contributed by atoms with E-state index in [-0.39, 0.29) is 11.5 Å². The van der Waals surface area contributed by atoms with Gasteiger partial charge >= 0.3 is 0 Å². The predicted octanol–water partition coefficient (Wildman–Crippen LogP) is 7.44. The van der Waals surface area contributed by atoms with E-state index in [9.17, 15) is 10.2 Å². The molecule has 0 saturated heterocycles. The van der Waals surface area contributed by atoms with Gasteiger partial charge in [0.15, 0.2) is 0 Å². The number of phenols is 2. The second-order valence-corrected chi connectivity index (χ2v) is 8.68. The third-order valence-corrected chi connectivity index (χ3v) is 5.94. The summed E-state index contributed by atoms with van der Waals surface area (Å²) >= 11 is 0. The van der Waals surface area contributed by atoms with E-state index in [1.165, 1.54) is 0 Å². The highest BCUT2D eigenvalue weighted by atomic mass is 16.5. The third-order valence-electron chi connectivity index (χ3n) is 5.94. The Bertz CT molecular complexity index is 1350. The van der Waals surface area contributed by atoms with E-state index in [1.54, 1.807) is 38.5 Å². The normalized spacial score (nSPS) is 11.8. The van der Waals surface area contributed by atoms with Gasteiger partial charge in [0.2, 0.25) is 0 Å². The number of methoxy groups -OCH3 is 2. The SMILES string of the molecule is COc1cc(O)cc(C=C(OC(=Cc2cc(O)cc(OC)c2)c2ccccc2C)c2ccccc2C)c1. The summed E-state index contributed by atoms with van der Waals surface area (Å²) in [4.78, 5) is 0. The Hall–Kier alpha value is -4.64. The van der Waals surface area contributed by atoms with Gasteiger partial charge in [0.25, 0.3) is 0 Å². The van der Waals surface area contributed by atoms with E-state index in [0.29, 0.717) is 23.0 Å². The summed E-state index contributed by atoms with van der Waals surface area (Å²) < 4.78 is 17.4. The molecule has 0 aromatic heterocycles. The minimum atomic E-state index is 0.0938. The van der Waals surface area contributed by atoms with E-state index in [2.05, 4.69) is 0 Å². The maximum atomic E-state index is 10.2. The first-order valence-corrected chi connectivity index (χ1v) is 11.9. The van der Waals surface area contributed by atoms with E-state index < -0.39 is 0 Å². The van der Waals surface area contributed by atoms with Crippen LogP contribution in [0.4, 0.5) is 0 Å².